The lowest BCUT2D eigenvalue weighted by molar-refractivity contribution is 0.0598. The molecule has 2 amide bonds. The summed E-state index contributed by atoms with van der Waals surface area (Å²) >= 11 is 0. The first kappa shape index (κ1) is 18.7. The van der Waals surface area contributed by atoms with Crippen LogP contribution in [0.2, 0.25) is 0 Å². The standard InChI is InChI=1S/C18H23N5O4/c1-11(16-19-10-20-22(16)2)21-18(25)23-8-7-12-13(17(24)27-4)5-6-15(26-3)14(12)9-23/h5-6,10-11H,7-9H2,1-4H3,(H,21,25). The van der Waals surface area contributed by atoms with Crippen LogP contribution in [0.3, 0.4) is 0 Å². The van der Waals surface area contributed by atoms with Crippen LogP contribution in [0.25, 0.3) is 0 Å². The normalized spacial score (nSPS) is 14.3. The zero-order valence-electron chi connectivity index (χ0n) is 15.9. The van der Waals surface area contributed by atoms with Gasteiger partial charge >= 0.3 is 12.0 Å². The van der Waals surface area contributed by atoms with Crippen molar-refractivity contribution in [2.75, 3.05) is 20.8 Å². The second-order valence-corrected chi connectivity index (χ2v) is 6.35. The molecule has 0 bridgehead atoms. The maximum Gasteiger partial charge on any atom is 0.338 e. The lowest BCUT2D eigenvalue weighted by atomic mass is 9.93. The summed E-state index contributed by atoms with van der Waals surface area (Å²) in [6, 6.07) is 2.95. The van der Waals surface area contributed by atoms with E-state index in [-0.39, 0.29) is 18.0 Å². The molecule has 2 heterocycles. The van der Waals surface area contributed by atoms with Gasteiger partial charge in [-0.05, 0) is 31.0 Å². The second-order valence-electron chi connectivity index (χ2n) is 6.35. The van der Waals surface area contributed by atoms with Gasteiger partial charge in [0.05, 0.1) is 32.4 Å². The maximum atomic E-state index is 12.7. The van der Waals surface area contributed by atoms with E-state index >= 15 is 0 Å². The van der Waals surface area contributed by atoms with Gasteiger partial charge in [-0.25, -0.2) is 14.6 Å². The van der Waals surface area contributed by atoms with E-state index in [1.54, 1.807) is 35.9 Å². The lowest BCUT2D eigenvalue weighted by Gasteiger charge is -2.31. The van der Waals surface area contributed by atoms with Crippen LogP contribution in [-0.4, -0.2) is 52.4 Å². The summed E-state index contributed by atoms with van der Waals surface area (Å²) < 4.78 is 11.9. The highest BCUT2D eigenvalue weighted by Crippen LogP contribution is 2.31. The molecule has 0 spiro atoms. The van der Waals surface area contributed by atoms with Crippen molar-refractivity contribution in [3.8, 4) is 5.75 Å². The first-order chi connectivity index (χ1) is 13.0. The smallest absolute Gasteiger partial charge is 0.338 e. The van der Waals surface area contributed by atoms with Crippen molar-refractivity contribution < 1.29 is 19.1 Å². The SMILES string of the molecule is COC(=O)c1ccc(OC)c2c1CCN(C(=O)NC(C)c1ncnn1C)C2. The summed E-state index contributed by atoms with van der Waals surface area (Å²) in [6.07, 6.45) is 2.00. The van der Waals surface area contributed by atoms with Crippen molar-refractivity contribution >= 4 is 12.0 Å². The Hall–Kier alpha value is -3.10. The summed E-state index contributed by atoms with van der Waals surface area (Å²) in [6.45, 7) is 2.69. The summed E-state index contributed by atoms with van der Waals surface area (Å²) in [5.74, 6) is 0.936. The number of methoxy groups -OCH3 is 2. The minimum absolute atomic E-state index is 0.207. The molecule has 1 aromatic carbocycles. The van der Waals surface area contributed by atoms with Crippen LogP contribution in [0.4, 0.5) is 4.79 Å². The van der Waals surface area contributed by atoms with E-state index in [0.717, 1.165) is 11.1 Å². The number of hydrogen-bond donors (Lipinski definition) is 1. The van der Waals surface area contributed by atoms with Crippen LogP contribution in [0.15, 0.2) is 18.5 Å². The molecule has 1 N–H and O–H groups in total. The molecule has 0 radical (unpaired) electrons. The number of fused-ring (bicyclic) bond motifs is 1. The molecule has 0 saturated carbocycles. The van der Waals surface area contributed by atoms with Crippen LogP contribution in [0.1, 0.15) is 40.3 Å². The summed E-state index contributed by atoms with van der Waals surface area (Å²) in [5, 5.41) is 6.97. The predicted octanol–water partition coefficient (Wildman–Crippen LogP) is 1.44. The van der Waals surface area contributed by atoms with Crippen molar-refractivity contribution in [3.63, 3.8) is 0 Å². The van der Waals surface area contributed by atoms with E-state index in [4.69, 9.17) is 9.47 Å². The van der Waals surface area contributed by atoms with Crippen LogP contribution < -0.4 is 10.1 Å². The predicted molar refractivity (Wildman–Crippen MR) is 96.4 cm³/mol. The number of nitrogens with one attached hydrogen (secondary N) is 1. The van der Waals surface area contributed by atoms with Gasteiger partial charge in [-0.3, -0.25) is 4.68 Å². The van der Waals surface area contributed by atoms with Gasteiger partial charge < -0.3 is 19.7 Å². The van der Waals surface area contributed by atoms with Crippen LogP contribution in [-0.2, 0) is 24.8 Å². The van der Waals surface area contributed by atoms with Crippen molar-refractivity contribution in [3.05, 3.63) is 41.0 Å². The molecular formula is C18H23N5O4. The number of carbonyl (C=O) groups is 2. The largest absolute Gasteiger partial charge is 0.496 e. The molecule has 1 atom stereocenters. The highest BCUT2D eigenvalue weighted by Gasteiger charge is 2.28. The Morgan fingerprint density at radius 2 is 2.04 bits per heavy atom. The third kappa shape index (κ3) is 3.57. The molecule has 0 saturated heterocycles. The summed E-state index contributed by atoms with van der Waals surface area (Å²) in [5.41, 5.74) is 2.21. The molecular weight excluding hydrogens is 350 g/mol. The number of benzene rings is 1. The Kier molecular flexibility index (Phi) is 5.29. The first-order valence-electron chi connectivity index (χ1n) is 8.62. The second kappa shape index (κ2) is 7.65. The number of ether oxygens (including phenoxy) is 2. The molecule has 2 aromatic rings. The van der Waals surface area contributed by atoms with Gasteiger partial charge in [-0.1, -0.05) is 0 Å². The summed E-state index contributed by atoms with van der Waals surface area (Å²) in [7, 11) is 4.71. The number of aromatic nitrogens is 3. The fourth-order valence-corrected chi connectivity index (χ4v) is 3.35. The third-order valence-corrected chi connectivity index (χ3v) is 4.76. The molecule has 27 heavy (non-hydrogen) atoms. The van der Waals surface area contributed by atoms with E-state index in [1.807, 2.05) is 6.92 Å². The molecule has 1 aliphatic heterocycles. The molecule has 1 aliphatic rings. The van der Waals surface area contributed by atoms with E-state index in [0.29, 0.717) is 36.6 Å². The van der Waals surface area contributed by atoms with Crippen LogP contribution >= 0.6 is 0 Å². The highest BCUT2D eigenvalue weighted by atomic mass is 16.5. The topological polar surface area (TPSA) is 98.6 Å². The minimum Gasteiger partial charge on any atom is -0.496 e. The van der Waals surface area contributed by atoms with Gasteiger partial charge in [-0.15, -0.1) is 0 Å². The number of esters is 1. The monoisotopic (exact) mass is 373 g/mol. The zero-order valence-corrected chi connectivity index (χ0v) is 15.9. The molecule has 9 heteroatoms. The van der Waals surface area contributed by atoms with Gasteiger partial charge in [0.25, 0.3) is 0 Å². The minimum atomic E-state index is -0.386. The Balaban J connectivity index is 1.80. The average Bonchev–Trinajstić information content (AvgIpc) is 3.12. The van der Waals surface area contributed by atoms with Crippen molar-refractivity contribution in [1.82, 2.24) is 25.0 Å². The third-order valence-electron chi connectivity index (χ3n) is 4.76. The zero-order chi connectivity index (χ0) is 19.6. The Morgan fingerprint density at radius 3 is 2.67 bits per heavy atom. The summed E-state index contributed by atoms with van der Waals surface area (Å²) in [4.78, 5) is 30.6. The van der Waals surface area contributed by atoms with E-state index in [1.165, 1.54) is 13.4 Å². The number of rotatable bonds is 4. The number of hydrogen-bond acceptors (Lipinski definition) is 6. The Morgan fingerprint density at radius 1 is 1.26 bits per heavy atom. The molecule has 0 fully saturated rings. The van der Waals surface area contributed by atoms with Crippen LogP contribution in [0, 0.1) is 0 Å². The molecule has 9 nitrogen and oxygen atoms in total. The van der Waals surface area contributed by atoms with E-state index in [2.05, 4.69) is 15.4 Å². The van der Waals surface area contributed by atoms with E-state index < -0.39 is 0 Å². The van der Waals surface area contributed by atoms with Gasteiger partial charge in [0, 0.05) is 19.2 Å². The number of aryl methyl sites for hydroxylation is 1. The maximum absolute atomic E-state index is 12.7. The molecule has 3 rings (SSSR count). The highest BCUT2D eigenvalue weighted by molar-refractivity contribution is 5.92. The Labute approximate surface area is 157 Å². The molecule has 1 unspecified atom stereocenters. The Bertz CT molecular complexity index is 863. The van der Waals surface area contributed by atoms with Crippen molar-refractivity contribution in [2.45, 2.75) is 25.9 Å². The molecule has 0 aliphatic carbocycles. The molecule has 1 aromatic heterocycles. The van der Waals surface area contributed by atoms with Crippen LogP contribution in [0.5, 0.6) is 5.75 Å². The molecule has 144 valence electrons. The number of urea groups is 1. The van der Waals surface area contributed by atoms with E-state index in [9.17, 15) is 9.59 Å². The quantitative estimate of drug-likeness (QED) is 0.815. The van der Waals surface area contributed by atoms with Crippen molar-refractivity contribution in [1.29, 1.82) is 0 Å². The average molecular weight is 373 g/mol. The fourth-order valence-electron chi connectivity index (χ4n) is 3.35. The van der Waals surface area contributed by atoms with Gasteiger partial charge in [0.1, 0.15) is 17.9 Å². The fraction of sp³-hybridized carbons (Fsp3) is 0.444. The lowest BCUT2D eigenvalue weighted by Crippen LogP contribution is -2.44. The van der Waals surface area contributed by atoms with Gasteiger partial charge in [0.15, 0.2) is 0 Å². The first-order valence-corrected chi connectivity index (χ1v) is 8.62. The van der Waals surface area contributed by atoms with Gasteiger partial charge in [-0.2, -0.15) is 5.10 Å². The number of carbonyl (C=O) groups excluding carboxylic acids is 2. The van der Waals surface area contributed by atoms with Crippen molar-refractivity contribution in [2.24, 2.45) is 7.05 Å². The number of amides is 2. The van der Waals surface area contributed by atoms with Gasteiger partial charge in [0.2, 0.25) is 0 Å². The number of nitrogens with zero attached hydrogens (tertiary/aromatic N) is 4.